The van der Waals surface area contributed by atoms with Crippen molar-refractivity contribution in [3.05, 3.63) is 22.8 Å². The van der Waals surface area contributed by atoms with Gasteiger partial charge in [-0.3, -0.25) is 5.01 Å². The lowest BCUT2D eigenvalue weighted by molar-refractivity contribution is 0.158. The number of hydrogen-bond acceptors (Lipinski definition) is 5. The van der Waals surface area contributed by atoms with Gasteiger partial charge in [0.05, 0.1) is 30.3 Å². The van der Waals surface area contributed by atoms with Crippen molar-refractivity contribution in [1.82, 2.24) is 10.4 Å². The summed E-state index contributed by atoms with van der Waals surface area (Å²) in [5.74, 6) is 0.631. The zero-order valence-electron chi connectivity index (χ0n) is 8.61. The Kier molecular flexibility index (Phi) is 3.57. The quantitative estimate of drug-likeness (QED) is 0.789. The van der Waals surface area contributed by atoms with Gasteiger partial charge in [0.25, 0.3) is 0 Å². The number of ether oxygens (including phenoxy) is 1. The van der Waals surface area contributed by atoms with E-state index in [2.05, 4.69) is 10.4 Å². The highest BCUT2D eigenvalue weighted by atomic mass is 35.5. The molecule has 0 spiro atoms. The molecule has 2 heterocycles. The minimum Gasteiger partial charge on any atom is -0.378 e. The van der Waals surface area contributed by atoms with Crippen molar-refractivity contribution in [3.63, 3.8) is 0 Å². The van der Waals surface area contributed by atoms with Gasteiger partial charge >= 0.3 is 0 Å². The Balaban J connectivity index is 2.22. The summed E-state index contributed by atoms with van der Waals surface area (Å²) in [5, 5.41) is 11.0. The molecule has 0 radical (unpaired) electrons. The maximum atomic E-state index is 8.71. The molecule has 5 nitrogen and oxygen atoms in total. The van der Waals surface area contributed by atoms with E-state index in [1.807, 2.05) is 11.1 Å². The maximum absolute atomic E-state index is 8.71. The number of hydrogen-bond donors (Lipinski definition) is 1. The summed E-state index contributed by atoms with van der Waals surface area (Å²) in [5.41, 5.74) is 3.61. The van der Waals surface area contributed by atoms with E-state index in [-0.39, 0.29) is 0 Å². The first-order valence-corrected chi connectivity index (χ1v) is 5.33. The molecule has 1 aromatic heterocycles. The highest BCUT2D eigenvalue weighted by Crippen LogP contribution is 2.22. The lowest BCUT2D eigenvalue weighted by Gasteiger charge is -2.22. The summed E-state index contributed by atoms with van der Waals surface area (Å²) >= 11 is 6.06. The molecule has 0 aromatic carbocycles. The average molecular weight is 239 g/mol. The van der Waals surface area contributed by atoms with E-state index in [9.17, 15) is 0 Å². The lowest BCUT2D eigenvalue weighted by Crippen LogP contribution is -2.39. The molecule has 1 aliphatic heterocycles. The van der Waals surface area contributed by atoms with Gasteiger partial charge in [0.1, 0.15) is 6.07 Å². The number of aromatic nitrogens is 1. The zero-order valence-corrected chi connectivity index (χ0v) is 9.37. The summed E-state index contributed by atoms with van der Waals surface area (Å²) in [6.07, 6.45) is 1.51. The first kappa shape index (κ1) is 11.1. The number of nitriles is 1. The van der Waals surface area contributed by atoms with E-state index in [1.54, 1.807) is 6.07 Å². The number of anilines is 1. The third-order valence-corrected chi connectivity index (χ3v) is 2.49. The minimum atomic E-state index is 0.458. The predicted molar refractivity (Wildman–Crippen MR) is 60.1 cm³/mol. The van der Waals surface area contributed by atoms with E-state index < -0.39 is 0 Å². The van der Waals surface area contributed by atoms with Crippen molar-refractivity contribution < 1.29 is 4.74 Å². The van der Waals surface area contributed by atoms with Crippen LogP contribution in [-0.4, -0.2) is 31.3 Å². The monoisotopic (exact) mass is 238 g/mol. The number of nitrogens with zero attached hydrogens (tertiary/aromatic N) is 3. The summed E-state index contributed by atoms with van der Waals surface area (Å²) in [6.45, 7) is 2.70. The number of nitrogens with one attached hydrogen (secondary N) is 1. The second-order valence-corrected chi connectivity index (χ2v) is 3.72. The van der Waals surface area contributed by atoms with Crippen molar-refractivity contribution in [2.75, 3.05) is 31.3 Å². The molecule has 0 aliphatic carbocycles. The normalized spacial score (nSPS) is 16.6. The Morgan fingerprint density at radius 2 is 2.44 bits per heavy atom. The van der Waals surface area contributed by atoms with Gasteiger partial charge in [-0.25, -0.2) is 10.4 Å². The molecule has 16 heavy (non-hydrogen) atoms. The molecule has 84 valence electrons. The van der Waals surface area contributed by atoms with Gasteiger partial charge in [0.2, 0.25) is 0 Å². The largest absolute Gasteiger partial charge is 0.378 e. The van der Waals surface area contributed by atoms with Gasteiger partial charge < -0.3 is 4.74 Å². The van der Waals surface area contributed by atoms with Gasteiger partial charge in [-0.2, -0.15) is 5.26 Å². The molecular weight excluding hydrogens is 228 g/mol. The number of rotatable bonds is 1. The fourth-order valence-electron chi connectivity index (χ4n) is 1.46. The van der Waals surface area contributed by atoms with Crippen LogP contribution in [0.1, 0.15) is 5.56 Å². The highest BCUT2D eigenvalue weighted by Gasteiger charge is 2.14. The third-order valence-electron chi connectivity index (χ3n) is 2.21. The standard InChI is InChI=1S/C10H11ClN4O/c11-9-5-8(6-12)7-13-10(9)15-2-4-16-3-1-14-15/h5,7,14H,1-4H2. The Labute approximate surface area is 98.6 Å². The Morgan fingerprint density at radius 3 is 3.19 bits per heavy atom. The van der Waals surface area contributed by atoms with Crippen LogP contribution in [0.3, 0.4) is 0 Å². The summed E-state index contributed by atoms with van der Waals surface area (Å²) in [7, 11) is 0. The fourth-order valence-corrected chi connectivity index (χ4v) is 1.73. The third kappa shape index (κ3) is 2.42. The molecule has 0 unspecified atom stereocenters. The van der Waals surface area contributed by atoms with E-state index in [1.165, 1.54) is 6.20 Å². The first-order chi connectivity index (χ1) is 7.81. The van der Waals surface area contributed by atoms with Crippen molar-refractivity contribution in [1.29, 1.82) is 5.26 Å². The van der Waals surface area contributed by atoms with Crippen LogP contribution in [0.25, 0.3) is 0 Å². The van der Waals surface area contributed by atoms with Crippen molar-refractivity contribution in [2.45, 2.75) is 0 Å². The predicted octanol–water partition coefficient (Wildman–Crippen LogP) is 0.948. The van der Waals surface area contributed by atoms with E-state index >= 15 is 0 Å². The van der Waals surface area contributed by atoms with Crippen LogP contribution in [0.5, 0.6) is 0 Å². The van der Waals surface area contributed by atoms with Crippen molar-refractivity contribution >= 4 is 17.4 Å². The summed E-state index contributed by atoms with van der Waals surface area (Å²) in [4.78, 5) is 4.17. The number of hydrazine groups is 1. The molecule has 0 amide bonds. The van der Waals surface area contributed by atoms with E-state index in [0.29, 0.717) is 36.2 Å². The topological polar surface area (TPSA) is 61.2 Å². The first-order valence-electron chi connectivity index (χ1n) is 4.95. The van der Waals surface area contributed by atoms with Crippen molar-refractivity contribution in [2.24, 2.45) is 0 Å². The van der Waals surface area contributed by atoms with Crippen LogP contribution in [0, 0.1) is 11.3 Å². The van der Waals surface area contributed by atoms with Gasteiger partial charge in [-0.1, -0.05) is 11.6 Å². The smallest absolute Gasteiger partial charge is 0.161 e. The van der Waals surface area contributed by atoms with Crippen molar-refractivity contribution in [3.8, 4) is 6.07 Å². The molecule has 0 atom stereocenters. The fraction of sp³-hybridized carbons (Fsp3) is 0.400. The maximum Gasteiger partial charge on any atom is 0.161 e. The SMILES string of the molecule is N#Cc1cnc(N2CCOCCN2)c(Cl)c1. The molecule has 0 bridgehead atoms. The zero-order chi connectivity index (χ0) is 11.4. The molecule has 1 fully saturated rings. The number of pyridine rings is 1. The molecule has 0 saturated carbocycles. The summed E-state index contributed by atoms with van der Waals surface area (Å²) < 4.78 is 5.30. The van der Waals surface area contributed by atoms with Gasteiger partial charge in [-0.05, 0) is 6.07 Å². The van der Waals surface area contributed by atoms with Gasteiger partial charge in [0, 0.05) is 12.7 Å². The van der Waals surface area contributed by atoms with Crippen LogP contribution in [0.15, 0.2) is 12.3 Å². The van der Waals surface area contributed by atoms with E-state index in [4.69, 9.17) is 21.6 Å². The summed E-state index contributed by atoms with van der Waals surface area (Å²) in [6, 6.07) is 3.61. The Morgan fingerprint density at radius 1 is 1.56 bits per heavy atom. The molecule has 6 heteroatoms. The minimum absolute atomic E-state index is 0.458. The molecular formula is C10H11ClN4O. The lowest BCUT2D eigenvalue weighted by atomic mass is 10.3. The highest BCUT2D eigenvalue weighted by molar-refractivity contribution is 6.33. The van der Waals surface area contributed by atoms with Gasteiger partial charge in [0.15, 0.2) is 5.82 Å². The second-order valence-electron chi connectivity index (χ2n) is 3.31. The van der Waals surface area contributed by atoms with Crippen LogP contribution in [0.2, 0.25) is 5.02 Å². The average Bonchev–Trinajstić information content (AvgIpc) is 2.57. The second kappa shape index (κ2) is 5.12. The molecule has 1 N–H and O–H groups in total. The molecule has 2 rings (SSSR count). The van der Waals surface area contributed by atoms with Gasteiger partial charge in [-0.15, -0.1) is 0 Å². The molecule has 1 aromatic rings. The molecule has 1 aliphatic rings. The Hall–Kier alpha value is -1.35. The van der Waals surface area contributed by atoms with Crippen LogP contribution in [0.4, 0.5) is 5.82 Å². The van der Waals surface area contributed by atoms with E-state index in [0.717, 1.165) is 6.54 Å². The van der Waals surface area contributed by atoms with Crippen LogP contribution >= 0.6 is 11.6 Å². The van der Waals surface area contributed by atoms with Crippen LogP contribution < -0.4 is 10.4 Å². The Bertz CT molecular complexity index is 410. The van der Waals surface area contributed by atoms with Crippen LogP contribution in [-0.2, 0) is 4.74 Å². The molecule has 1 saturated heterocycles. The number of halogens is 1.